The Hall–Kier alpha value is -2.88. The predicted octanol–water partition coefficient (Wildman–Crippen LogP) is 4.86. The van der Waals surface area contributed by atoms with Crippen molar-refractivity contribution in [1.82, 2.24) is 0 Å². The van der Waals surface area contributed by atoms with E-state index in [9.17, 15) is 5.11 Å². The molecule has 0 fully saturated rings. The van der Waals surface area contributed by atoms with E-state index in [0.29, 0.717) is 13.2 Å². The Morgan fingerprint density at radius 3 is 1.96 bits per heavy atom. The van der Waals surface area contributed by atoms with Gasteiger partial charge < -0.3 is 14.6 Å². The quantitative estimate of drug-likeness (QED) is 0.592. The molecule has 3 aromatic rings. The molecule has 1 atom stereocenters. The Labute approximate surface area is 160 Å². The molecule has 3 heteroatoms. The minimum atomic E-state index is -0.636. The van der Waals surface area contributed by atoms with Gasteiger partial charge in [-0.15, -0.1) is 0 Å². The fourth-order valence-corrected chi connectivity index (χ4v) is 2.57. The number of rotatable bonds is 9. The van der Waals surface area contributed by atoms with Crippen LogP contribution < -0.4 is 4.74 Å². The van der Waals surface area contributed by atoms with Crippen LogP contribution in [0.2, 0.25) is 0 Å². The Morgan fingerprint density at radius 2 is 1.33 bits per heavy atom. The van der Waals surface area contributed by atoms with Crippen LogP contribution in [0.4, 0.5) is 0 Å². The molecule has 3 rings (SSSR count). The Morgan fingerprint density at radius 1 is 0.741 bits per heavy atom. The number of aliphatic hydroxyl groups excluding tert-OH is 1. The summed E-state index contributed by atoms with van der Waals surface area (Å²) in [6.45, 7) is 1.32. The standard InChI is InChI=1S/C24H24O3/c25-23(19-26-17-21-7-3-1-4-8-21)14-11-20-12-15-24(16-13-20)27-18-22-9-5-2-6-10-22/h1-16,23,25H,17-19H2/b14-11+/t23-/m1/s1. The summed E-state index contributed by atoms with van der Waals surface area (Å²) >= 11 is 0. The summed E-state index contributed by atoms with van der Waals surface area (Å²) in [6.07, 6.45) is 2.99. The molecular weight excluding hydrogens is 336 g/mol. The fourth-order valence-electron chi connectivity index (χ4n) is 2.57. The van der Waals surface area contributed by atoms with Crippen LogP contribution in [0.25, 0.3) is 6.08 Å². The van der Waals surface area contributed by atoms with Crippen LogP contribution >= 0.6 is 0 Å². The van der Waals surface area contributed by atoms with Gasteiger partial charge in [-0.2, -0.15) is 0 Å². The molecule has 0 amide bonds. The van der Waals surface area contributed by atoms with Gasteiger partial charge in [-0.25, -0.2) is 0 Å². The lowest BCUT2D eigenvalue weighted by molar-refractivity contribution is 0.0507. The third-order valence-electron chi connectivity index (χ3n) is 4.04. The van der Waals surface area contributed by atoms with Crippen molar-refractivity contribution >= 4 is 6.08 Å². The van der Waals surface area contributed by atoms with Crippen molar-refractivity contribution in [3.8, 4) is 5.75 Å². The lowest BCUT2D eigenvalue weighted by atomic mass is 10.2. The summed E-state index contributed by atoms with van der Waals surface area (Å²) in [5, 5.41) is 10.0. The molecule has 27 heavy (non-hydrogen) atoms. The van der Waals surface area contributed by atoms with Crippen molar-refractivity contribution in [3.63, 3.8) is 0 Å². The molecule has 0 aliphatic carbocycles. The van der Waals surface area contributed by atoms with Gasteiger partial charge in [-0.05, 0) is 28.8 Å². The second-order valence-electron chi connectivity index (χ2n) is 6.27. The van der Waals surface area contributed by atoms with E-state index in [4.69, 9.17) is 9.47 Å². The minimum Gasteiger partial charge on any atom is -0.489 e. The lowest BCUT2D eigenvalue weighted by Crippen LogP contribution is -2.11. The van der Waals surface area contributed by atoms with Crippen LogP contribution in [0, 0.1) is 0 Å². The Bertz CT molecular complexity index is 811. The molecule has 0 bridgehead atoms. The van der Waals surface area contributed by atoms with Crippen LogP contribution in [-0.4, -0.2) is 17.8 Å². The minimum absolute atomic E-state index is 0.268. The summed E-state index contributed by atoms with van der Waals surface area (Å²) in [5.74, 6) is 0.822. The second-order valence-corrected chi connectivity index (χ2v) is 6.27. The summed E-state index contributed by atoms with van der Waals surface area (Å²) in [6, 6.07) is 27.8. The Kier molecular flexibility index (Phi) is 7.22. The molecule has 0 aromatic heterocycles. The van der Waals surface area contributed by atoms with E-state index in [1.165, 1.54) is 0 Å². The normalized spacial score (nSPS) is 12.2. The lowest BCUT2D eigenvalue weighted by Gasteiger charge is -2.08. The summed E-state index contributed by atoms with van der Waals surface area (Å²) in [7, 11) is 0. The molecule has 3 nitrogen and oxygen atoms in total. The summed E-state index contributed by atoms with van der Waals surface area (Å²) in [4.78, 5) is 0. The van der Waals surface area contributed by atoms with Gasteiger partial charge in [0.05, 0.1) is 19.3 Å². The van der Waals surface area contributed by atoms with E-state index >= 15 is 0 Å². The maximum absolute atomic E-state index is 10.0. The molecule has 3 aromatic carbocycles. The zero-order valence-corrected chi connectivity index (χ0v) is 15.2. The van der Waals surface area contributed by atoms with Gasteiger partial charge in [-0.1, -0.05) is 84.9 Å². The highest BCUT2D eigenvalue weighted by molar-refractivity contribution is 5.51. The van der Waals surface area contributed by atoms with Crippen molar-refractivity contribution in [3.05, 3.63) is 108 Å². The van der Waals surface area contributed by atoms with E-state index in [1.807, 2.05) is 91.0 Å². The highest BCUT2D eigenvalue weighted by atomic mass is 16.5. The number of hydrogen-bond donors (Lipinski definition) is 1. The van der Waals surface area contributed by atoms with Crippen LogP contribution in [0.3, 0.4) is 0 Å². The van der Waals surface area contributed by atoms with Gasteiger partial charge >= 0.3 is 0 Å². The summed E-state index contributed by atoms with van der Waals surface area (Å²) < 4.78 is 11.3. The first kappa shape index (κ1) is 18.9. The van der Waals surface area contributed by atoms with E-state index in [-0.39, 0.29) is 6.61 Å². The summed E-state index contributed by atoms with van der Waals surface area (Å²) in [5.41, 5.74) is 3.24. The third-order valence-corrected chi connectivity index (χ3v) is 4.04. The van der Waals surface area contributed by atoms with Crippen LogP contribution in [0.1, 0.15) is 16.7 Å². The third kappa shape index (κ3) is 6.74. The van der Waals surface area contributed by atoms with E-state index in [0.717, 1.165) is 22.4 Å². The molecule has 0 heterocycles. The smallest absolute Gasteiger partial charge is 0.119 e. The molecule has 0 spiro atoms. The monoisotopic (exact) mass is 360 g/mol. The second kappa shape index (κ2) is 10.3. The molecule has 0 aliphatic rings. The first-order valence-electron chi connectivity index (χ1n) is 9.04. The number of aliphatic hydroxyl groups is 1. The zero-order chi connectivity index (χ0) is 18.7. The van der Waals surface area contributed by atoms with Gasteiger partial charge in [0.15, 0.2) is 0 Å². The molecule has 0 saturated heterocycles. The van der Waals surface area contributed by atoms with E-state index in [1.54, 1.807) is 6.08 Å². The average Bonchev–Trinajstić information content (AvgIpc) is 2.73. The first-order valence-corrected chi connectivity index (χ1v) is 9.04. The van der Waals surface area contributed by atoms with Crippen LogP contribution in [-0.2, 0) is 18.0 Å². The molecule has 138 valence electrons. The van der Waals surface area contributed by atoms with Gasteiger partial charge in [0.25, 0.3) is 0 Å². The number of hydrogen-bond acceptors (Lipinski definition) is 3. The maximum Gasteiger partial charge on any atom is 0.119 e. The largest absolute Gasteiger partial charge is 0.489 e. The highest BCUT2D eigenvalue weighted by Gasteiger charge is 2.00. The van der Waals surface area contributed by atoms with Gasteiger partial charge in [0.2, 0.25) is 0 Å². The van der Waals surface area contributed by atoms with Crippen molar-refractivity contribution < 1.29 is 14.6 Å². The molecule has 0 saturated carbocycles. The number of ether oxygens (including phenoxy) is 2. The molecular formula is C24H24O3. The van der Waals surface area contributed by atoms with E-state index < -0.39 is 6.10 Å². The van der Waals surface area contributed by atoms with Gasteiger partial charge in [0, 0.05) is 0 Å². The highest BCUT2D eigenvalue weighted by Crippen LogP contribution is 2.15. The van der Waals surface area contributed by atoms with E-state index in [2.05, 4.69) is 0 Å². The van der Waals surface area contributed by atoms with Crippen molar-refractivity contribution in [2.45, 2.75) is 19.3 Å². The van der Waals surface area contributed by atoms with Crippen molar-refractivity contribution in [2.75, 3.05) is 6.61 Å². The number of benzene rings is 3. The molecule has 1 N–H and O–H groups in total. The topological polar surface area (TPSA) is 38.7 Å². The fraction of sp³-hybridized carbons (Fsp3) is 0.167. The SMILES string of the molecule is O[C@H](/C=C/c1ccc(OCc2ccccc2)cc1)COCc1ccccc1. The van der Waals surface area contributed by atoms with Crippen molar-refractivity contribution in [1.29, 1.82) is 0 Å². The molecule has 0 unspecified atom stereocenters. The maximum atomic E-state index is 10.0. The molecule has 0 radical (unpaired) electrons. The van der Waals surface area contributed by atoms with Crippen molar-refractivity contribution in [2.24, 2.45) is 0 Å². The van der Waals surface area contributed by atoms with Gasteiger partial charge in [-0.3, -0.25) is 0 Å². The Balaban J connectivity index is 1.41. The van der Waals surface area contributed by atoms with Crippen LogP contribution in [0.5, 0.6) is 5.75 Å². The predicted molar refractivity (Wildman–Crippen MR) is 108 cm³/mol. The van der Waals surface area contributed by atoms with Gasteiger partial charge in [0.1, 0.15) is 12.4 Å². The van der Waals surface area contributed by atoms with Crippen LogP contribution in [0.15, 0.2) is 91.0 Å². The average molecular weight is 360 g/mol. The zero-order valence-electron chi connectivity index (χ0n) is 15.2. The molecule has 0 aliphatic heterocycles. The first-order chi connectivity index (χ1) is 13.3.